The van der Waals surface area contributed by atoms with Crippen LogP contribution >= 0.6 is 11.3 Å². The summed E-state index contributed by atoms with van der Waals surface area (Å²) >= 11 is 1.88. The summed E-state index contributed by atoms with van der Waals surface area (Å²) in [6.45, 7) is 0. The highest BCUT2D eigenvalue weighted by molar-refractivity contribution is 7.26. The van der Waals surface area contributed by atoms with Gasteiger partial charge in [-0.25, -0.2) is 0 Å². The molecule has 0 amide bonds. The van der Waals surface area contributed by atoms with Gasteiger partial charge in [0.2, 0.25) is 0 Å². The smallest absolute Gasteiger partial charge is 0.159 e. The van der Waals surface area contributed by atoms with Gasteiger partial charge in [-0.2, -0.15) is 0 Å². The van der Waals surface area contributed by atoms with Crippen LogP contribution in [0.25, 0.3) is 119 Å². The fraction of sp³-hybridized carbons (Fsp3) is 0. The second-order valence-electron chi connectivity index (χ2n) is 15.2. The first-order valence-corrected chi connectivity index (χ1v) is 20.6. The molecule has 0 atom stereocenters. The zero-order chi connectivity index (χ0) is 37.9. The van der Waals surface area contributed by atoms with E-state index >= 15 is 0 Å². The lowest BCUT2D eigenvalue weighted by Crippen LogP contribution is -1.94. The molecule has 0 bridgehead atoms. The summed E-state index contributed by atoms with van der Waals surface area (Å²) in [6, 6.07) is 70.7. The molecule has 4 aromatic heterocycles. The first-order valence-electron chi connectivity index (χ1n) is 19.8. The van der Waals surface area contributed by atoms with Gasteiger partial charge in [-0.05, 0) is 89.0 Å². The Morgan fingerprint density at radius 3 is 1.83 bits per heavy atom. The van der Waals surface area contributed by atoms with Gasteiger partial charge >= 0.3 is 0 Å². The van der Waals surface area contributed by atoms with Crippen LogP contribution in [0.4, 0.5) is 0 Å². The highest BCUT2D eigenvalue weighted by atomic mass is 32.1. The molecule has 0 unspecified atom stereocenters. The number of nitrogens with zero attached hydrogens (tertiary/aromatic N) is 2. The van der Waals surface area contributed by atoms with Crippen LogP contribution in [0.2, 0.25) is 0 Å². The van der Waals surface area contributed by atoms with Crippen molar-refractivity contribution in [3.05, 3.63) is 194 Å². The Balaban J connectivity index is 1.11. The number of para-hydroxylation sites is 4. The molecule has 58 heavy (non-hydrogen) atoms. The fourth-order valence-corrected chi connectivity index (χ4v) is 10.9. The zero-order valence-corrected chi connectivity index (χ0v) is 32.0. The lowest BCUT2D eigenvalue weighted by Gasteiger charge is -2.10. The van der Waals surface area contributed by atoms with Gasteiger partial charge in [0, 0.05) is 58.2 Å². The van der Waals surface area contributed by atoms with Crippen LogP contribution in [0, 0.1) is 0 Å². The average molecular weight is 757 g/mol. The Morgan fingerprint density at radius 1 is 0.379 bits per heavy atom. The average Bonchev–Trinajstić information content (AvgIpc) is 4.04. The normalized spacial score (nSPS) is 12.1. The molecule has 0 fully saturated rings. The summed E-state index contributed by atoms with van der Waals surface area (Å²) in [7, 11) is 0. The van der Waals surface area contributed by atoms with Crippen molar-refractivity contribution >= 4 is 97.1 Å². The quantitative estimate of drug-likeness (QED) is 0.175. The summed E-state index contributed by atoms with van der Waals surface area (Å²) in [6.07, 6.45) is 0. The van der Waals surface area contributed by atoms with Crippen molar-refractivity contribution in [3.63, 3.8) is 0 Å². The van der Waals surface area contributed by atoms with Crippen molar-refractivity contribution in [2.75, 3.05) is 0 Å². The summed E-state index contributed by atoms with van der Waals surface area (Å²) in [4.78, 5) is 0. The van der Waals surface area contributed by atoms with Crippen LogP contribution in [-0.2, 0) is 0 Å². The van der Waals surface area contributed by atoms with Crippen LogP contribution in [0.15, 0.2) is 199 Å². The molecule has 13 rings (SSSR count). The Bertz CT molecular complexity index is 3800. The monoisotopic (exact) mass is 756 g/mol. The largest absolute Gasteiger partial charge is 0.454 e. The van der Waals surface area contributed by atoms with Gasteiger partial charge in [-0.1, -0.05) is 127 Å². The molecule has 0 aliphatic rings. The standard InChI is InChI=1S/C54H32N2OS/c1-2-13-35(14-3-1)55-45-22-7-4-17-42(45)52-36(18-11-23-48(52)55)33-27-29-46-43(31-33)44-32-34(37-19-10-21-41-39-16-6-9-26-51(39)58-54(37)41)28-30-47(44)56(46)49-24-12-20-40-38-15-5-8-25-50(38)57-53(40)49/h1-32H. The predicted octanol–water partition coefficient (Wildman–Crippen LogP) is 15.5. The number of aromatic nitrogens is 2. The summed E-state index contributed by atoms with van der Waals surface area (Å²) in [5.74, 6) is 0. The Labute approximate surface area is 336 Å². The molecule has 4 heterocycles. The van der Waals surface area contributed by atoms with Crippen molar-refractivity contribution in [2.45, 2.75) is 0 Å². The highest BCUT2D eigenvalue weighted by Crippen LogP contribution is 2.45. The molecule has 0 saturated carbocycles. The van der Waals surface area contributed by atoms with Crippen molar-refractivity contribution in [1.82, 2.24) is 9.13 Å². The van der Waals surface area contributed by atoms with Crippen molar-refractivity contribution in [3.8, 4) is 33.6 Å². The molecule has 0 aliphatic carbocycles. The van der Waals surface area contributed by atoms with E-state index in [1.54, 1.807) is 0 Å². The molecule has 0 saturated heterocycles. The lowest BCUT2D eigenvalue weighted by molar-refractivity contribution is 0.666. The molecule has 4 heteroatoms. The topological polar surface area (TPSA) is 23.0 Å². The number of hydrogen-bond acceptors (Lipinski definition) is 2. The van der Waals surface area contributed by atoms with Crippen LogP contribution in [0.5, 0.6) is 0 Å². The molecule has 3 nitrogen and oxygen atoms in total. The molecular formula is C54H32N2OS. The molecular weight excluding hydrogens is 725 g/mol. The molecule has 0 N–H and O–H groups in total. The van der Waals surface area contributed by atoms with E-state index in [4.69, 9.17) is 4.42 Å². The summed E-state index contributed by atoms with van der Waals surface area (Å²) < 4.78 is 14.1. The second kappa shape index (κ2) is 12.1. The number of fused-ring (bicyclic) bond motifs is 12. The van der Waals surface area contributed by atoms with E-state index in [1.807, 2.05) is 17.4 Å². The Morgan fingerprint density at radius 2 is 0.983 bits per heavy atom. The molecule has 13 aromatic rings. The first kappa shape index (κ1) is 31.8. The van der Waals surface area contributed by atoms with E-state index in [-0.39, 0.29) is 0 Å². The zero-order valence-electron chi connectivity index (χ0n) is 31.2. The van der Waals surface area contributed by atoms with E-state index in [2.05, 4.69) is 197 Å². The van der Waals surface area contributed by atoms with Gasteiger partial charge in [0.1, 0.15) is 5.58 Å². The maximum Gasteiger partial charge on any atom is 0.159 e. The minimum Gasteiger partial charge on any atom is -0.454 e. The van der Waals surface area contributed by atoms with E-state index in [0.717, 1.165) is 44.3 Å². The van der Waals surface area contributed by atoms with Gasteiger partial charge in [0.15, 0.2) is 5.58 Å². The van der Waals surface area contributed by atoms with Crippen molar-refractivity contribution in [1.29, 1.82) is 0 Å². The maximum absolute atomic E-state index is 6.67. The van der Waals surface area contributed by atoms with Gasteiger partial charge < -0.3 is 13.6 Å². The number of benzene rings is 9. The molecule has 270 valence electrons. The Hall–Kier alpha value is -7.40. The molecule has 0 spiro atoms. The molecule has 9 aromatic carbocycles. The van der Waals surface area contributed by atoms with Gasteiger partial charge in [-0.3, -0.25) is 0 Å². The van der Waals surface area contributed by atoms with E-state index in [1.165, 1.54) is 75.0 Å². The third-order valence-corrected chi connectivity index (χ3v) is 13.3. The van der Waals surface area contributed by atoms with Crippen LogP contribution in [0.3, 0.4) is 0 Å². The predicted molar refractivity (Wildman–Crippen MR) is 246 cm³/mol. The number of rotatable bonds is 4. The summed E-state index contributed by atoms with van der Waals surface area (Å²) in [5.41, 5.74) is 13.5. The van der Waals surface area contributed by atoms with Gasteiger partial charge in [0.25, 0.3) is 0 Å². The lowest BCUT2D eigenvalue weighted by atomic mass is 9.97. The minimum atomic E-state index is 0.893. The number of thiophene rings is 1. The van der Waals surface area contributed by atoms with Crippen molar-refractivity contribution < 1.29 is 4.42 Å². The van der Waals surface area contributed by atoms with E-state index < -0.39 is 0 Å². The Kier molecular flexibility index (Phi) is 6.60. The third-order valence-electron chi connectivity index (χ3n) is 12.1. The van der Waals surface area contributed by atoms with Gasteiger partial charge in [0.05, 0.1) is 27.8 Å². The highest BCUT2D eigenvalue weighted by Gasteiger charge is 2.21. The van der Waals surface area contributed by atoms with Crippen LogP contribution in [0.1, 0.15) is 0 Å². The van der Waals surface area contributed by atoms with Crippen molar-refractivity contribution in [2.24, 2.45) is 0 Å². The van der Waals surface area contributed by atoms with E-state index in [9.17, 15) is 0 Å². The molecule has 0 radical (unpaired) electrons. The van der Waals surface area contributed by atoms with E-state index in [0.29, 0.717) is 0 Å². The minimum absolute atomic E-state index is 0.893. The first-order chi connectivity index (χ1) is 28.8. The number of furan rings is 1. The van der Waals surface area contributed by atoms with Gasteiger partial charge in [-0.15, -0.1) is 11.3 Å². The number of hydrogen-bond donors (Lipinski definition) is 0. The van der Waals surface area contributed by atoms with Crippen LogP contribution in [-0.4, -0.2) is 9.13 Å². The molecule has 0 aliphatic heterocycles. The fourth-order valence-electron chi connectivity index (χ4n) is 9.62. The van der Waals surface area contributed by atoms with Crippen LogP contribution < -0.4 is 0 Å². The third kappa shape index (κ3) is 4.43. The maximum atomic E-state index is 6.67. The summed E-state index contributed by atoms with van der Waals surface area (Å²) in [5, 5.41) is 9.78. The SMILES string of the molecule is c1ccc(-n2c3ccccc3c3c(-c4ccc5c(c4)c4cc(-c6cccc7c6sc6ccccc67)ccc4n5-c4cccc5c4oc4ccccc45)cccc32)cc1. The second-order valence-corrected chi connectivity index (χ2v) is 16.3.